The van der Waals surface area contributed by atoms with Gasteiger partial charge in [-0.25, -0.2) is 4.98 Å². The van der Waals surface area contributed by atoms with Crippen LogP contribution in [0, 0.1) is 6.92 Å². The molecular formula is C11H20N4O2. The van der Waals surface area contributed by atoms with Gasteiger partial charge in [-0.15, -0.1) is 0 Å². The van der Waals surface area contributed by atoms with Crippen LogP contribution >= 0.6 is 0 Å². The number of ether oxygens (including phenoxy) is 2. The molecule has 0 aliphatic carbocycles. The first-order valence-electron chi connectivity index (χ1n) is 5.55. The van der Waals surface area contributed by atoms with Crippen LogP contribution < -0.4 is 15.4 Å². The Bertz CT molecular complexity index is 346. The maximum atomic E-state index is 5.59. The van der Waals surface area contributed by atoms with E-state index in [1.807, 2.05) is 6.92 Å². The molecule has 0 radical (unpaired) electrons. The molecule has 1 rings (SSSR count). The van der Waals surface area contributed by atoms with Crippen LogP contribution in [0.25, 0.3) is 0 Å². The Balaban J connectivity index is 2.87. The van der Waals surface area contributed by atoms with E-state index in [9.17, 15) is 0 Å². The number of nitrogens with two attached hydrogens (primary N) is 1. The Hall–Kier alpha value is -1.40. The topological polar surface area (TPSA) is 73.5 Å². The van der Waals surface area contributed by atoms with Gasteiger partial charge in [-0.05, 0) is 6.92 Å². The zero-order valence-electron chi connectivity index (χ0n) is 10.6. The van der Waals surface area contributed by atoms with Crippen LogP contribution in [0.3, 0.4) is 0 Å². The van der Waals surface area contributed by atoms with Gasteiger partial charge in [-0.3, -0.25) is 0 Å². The van der Waals surface area contributed by atoms with Crippen molar-refractivity contribution >= 4 is 5.82 Å². The summed E-state index contributed by atoms with van der Waals surface area (Å²) in [6, 6.07) is 1.80. The van der Waals surface area contributed by atoms with Gasteiger partial charge in [0.25, 0.3) is 0 Å². The van der Waals surface area contributed by atoms with E-state index in [1.165, 1.54) is 0 Å². The van der Waals surface area contributed by atoms with Crippen molar-refractivity contribution in [2.75, 3.05) is 45.4 Å². The predicted molar refractivity (Wildman–Crippen MR) is 66.5 cm³/mol. The summed E-state index contributed by atoms with van der Waals surface area (Å²) in [5.74, 6) is 2.06. The molecule has 0 saturated heterocycles. The predicted octanol–water partition coefficient (Wildman–Crippen LogP) is 0.205. The molecule has 0 saturated carbocycles. The van der Waals surface area contributed by atoms with Crippen molar-refractivity contribution in [3.05, 3.63) is 11.9 Å². The first-order chi connectivity index (χ1) is 8.21. The van der Waals surface area contributed by atoms with E-state index in [1.54, 1.807) is 20.3 Å². The summed E-state index contributed by atoms with van der Waals surface area (Å²) in [4.78, 5) is 10.6. The minimum Gasteiger partial charge on any atom is -0.481 e. The summed E-state index contributed by atoms with van der Waals surface area (Å²) in [7, 11) is 3.26. The maximum Gasteiger partial charge on any atom is 0.218 e. The fraction of sp³-hybridized carbons (Fsp3) is 0.636. The van der Waals surface area contributed by atoms with E-state index in [0.717, 1.165) is 18.9 Å². The summed E-state index contributed by atoms with van der Waals surface area (Å²) in [6.07, 6.45) is 0. The number of aromatic nitrogens is 2. The highest BCUT2D eigenvalue weighted by molar-refractivity contribution is 5.41. The standard InChI is InChI=1S/C11H20N4O2/c1-9-13-10(8-11(14-9)17-3)15(5-4-12)6-7-16-2/h8H,4-7,12H2,1-3H3. The van der Waals surface area contributed by atoms with Crippen LogP contribution in [0.2, 0.25) is 0 Å². The molecule has 1 aromatic heterocycles. The zero-order chi connectivity index (χ0) is 12.7. The van der Waals surface area contributed by atoms with Crippen LogP contribution in [-0.4, -0.2) is 50.4 Å². The van der Waals surface area contributed by atoms with Crippen molar-refractivity contribution in [2.45, 2.75) is 6.92 Å². The average molecular weight is 240 g/mol. The molecule has 0 bridgehead atoms. The molecule has 6 nitrogen and oxygen atoms in total. The van der Waals surface area contributed by atoms with E-state index in [4.69, 9.17) is 15.2 Å². The quantitative estimate of drug-likeness (QED) is 0.734. The lowest BCUT2D eigenvalue weighted by Gasteiger charge is -2.23. The van der Waals surface area contributed by atoms with Gasteiger partial charge < -0.3 is 20.1 Å². The van der Waals surface area contributed by atoms with Crippen molar-refractivity contribution in [1.82, 2.24) is 9.97 Å². The number of anilines is 1. The first kappa shape index (κ1) is 13.7. The Labute approximate surface area is 102 Å². The molecule has 0 atom stereocenters. The zero-order valence-corrected chi connectivity index (χ0v) is 10.6. The lowest BCUT2D eigenvalue weighted by Crippen LogP contribution is -2.33. The Morgan fingerprint density at radius 1 is 1.29 bits per heavy atom. The highest BCUT2D eigenvalue weighted by atomic mass is 16.5. The fourth-order valence-electron chi connectivity index (χ4n) is 1.49. The third-order valence-electron chi connectivity index (χ3n) is 2.30. The summed E-state index contributed by atoms with van der Waals surface area (Å²) in [5, 5.41) is 0. The second-order valence-electron chi connectivity index (χ2n) is 3.58. The number of aryl methyl sites for hydroxylation is 1. The van der Waals surface area contributed by atoms with Crippen molar-refractivity contribution in [3.8, 4) is 5.88 Å². The molecule has 1 heterocycles. The van der Waals surface area contributed by atoms with E-state index in [-0.39, 0.29) is 0 Å². The molecule has 0 unspecified atom stereocenters. The molecule has 0 spiro atoms. The minimum absolute atomic E-state index is 0.562. The van der Waals surface area contributed by atoms with Gasteiger partial charge in [0.15, 0.2) is 0 Å². The Morgan fingerprint density at radius 3 is 2.65 bits per heavy atom. The van der Waals surface area contributed by atoms with Gasteiger partial charge >= 0.3 is 0 Å². The Kier molecular flexibility index (Phi) is 5.65. The second kappa shape index (κ2) is 7.03. The molecule has 96 valence electrons. The van der Waals surface area contributed by atoms with Gasteiger partial charge in [0.1, 0.15) is 11.6 Å². The first-order valence-corrected chi connectivity index (χ1v) is 5.55. The lowest BCUT2D eigenvalue weighted by molar-refractivity contribution is 0.205. The molecular weight excluding hydrogens is 220 g/mol. The summed E-state index contributed by atoms with van der Waals surface area (Å²) in [5.41, 5.74) is 5.59. The SMILES string of the molecule is COCCN(CCN)c1cc(OC)nc(C)n1. The van der Waals surface area contributed by atoms with E-state index < -0.39 is 0 Å². The van der Waals surface area contributed by atoms with Crippen molar-refractivity contribution in [1.29, 1.82) is 0 Å². The normalized spacial score (nSPS) is 10.4. The monoisotopic (exact) mass is 240 g/mol. The average Bonchev–Trinajstić information content (AvgIpc) is 2.33. The van der Waals surface area contributed by atoms with Gasteiger partial charge in [0, 0.05) is 32.8 Å². The molecule has 2 N–H and O–H groups in total. The van der Waals surface area contributed by atoms with Crippen LogP contribution in [-0.2, 0) is 4.74 Å². The van der Waals surface area contributed by atoms with Crippen LogP contribution in [0.4, 0.5) is 5.82 Å². The van der Waals surface area contributed by atoms with Crippen LogP contribution in [0.15, 0.2) is 6.07 Å². The van der Waals surface area contributed by atoms with Crippen molar-refractivity contribution in [3.63, 3.8) is 0 Å². The summed E-state index contributed by atoms with van der Waals surface area (Å²) in [6.45, 7) is 4.50. The van der Waals surface area contributed by atoms with Gasteiger partial charge in [-0.2, -0.15) is 4.98 Å². The number of nitrogens with zero attached hydrogens (tertiary/aromatic N) is 3. The molecule has 0 fully saturated rings. The largest absolute Gasteiger partial charge is 0.481 e. The minimum atomic E-state index is 0.562. The van der Waals surface area contributed by atoms with Crippen LogP contribution in [0.1, 0.15) is 5.82 Å². The third kappa shape index (κ3) is 4.16. The molecule has 0 aromatic carbocycles. The molecule has 0 amide bonds. The molecule has 0 aliphatic heterocycles. The molecule has 0 aliphatic rings. The smallest absolute Gasteiger partial charge is 0.218 e. The van der Waals surface area contributed by atoms with Crippen LogP contribution in [0.5, 0.6) is 5.88 Å². The van der Waals surface area contributed by atoms with Crippen molar-refractivity contribution in [2.24, 2.45) is 5.73 Å². The van der Waals surface area contributed by atoms with E-state index in [0.29, 0.717) is 24.9 Å². The Morgan fingerprint density at radius 2 is 2.06 bits per heavy atom. The maximum absolute atomic E-state index is 5.59. The third-order valence-corrected chi connectivity index (χ3v) is 2.30. The molecule has 6 heteroatoms. The second-order valence-corrected chi connectivity index (χ2v) is 3.58. The highest BCUT2D eigenvalue weighted by Gasteiger charge is 2.10. The van der Waals surface area contributed by atoms with E-state index >= 15 is 0 Å². The fourth-order valence-corrected chi connectivity index (χ4v) is 1.49. The number of methoxy groups -OCH3 is 2. The van der Waals surface area contributed by atoms with Gasteiger partial charge in [0.05, 0.1) is 13.7 Å². The number of hydrogen-bond acceptors (Lipinski definition) is 6. The van der Waals surface area contributed by atoms with Gasteiger partial charge in [0.2, 0.25) is 5.88 Å². The van der Waals surface area contributed by atoms with Crippen molar-refractivity contribution < 1.29 is 9.47 Å². The lowest BCUT2D eigenvalue weighted by atomic mass is 10.4. The van der Waals surface area contributed by atoms with E-state index in [2.05, 4.69) is 14.9 Å². The molecule has 17 heavy (non-hydrogen) atoms. The highest BCUT2D eigenvalue weighted by Crippen LogP contribution is 2.16. The number of hydrogen-bond donors (Lipinski definition) is 1. The summed E-state index contributed by atoms with van der Waals surface area (Å²) < 4.78 is 10.2. The van der Waals surface area contributed by atoms with Gasteiger partial charge in [-0.1, -0.05) is 0 Å². The number of rotatable bonds is 7. The molecule has 1 aromatic rings. The summed E-state index contributed by atoms with van der Waals surface area (Å²) >= 11 is 0.